The molecule has 1 aliphatic heterocycles. The van der Waals surface area contributed by atoms with Crippen molar-refractivity contribution in [1.29, 1.82) is 0 Å². The van der Waals surface area contributed by atoms with Gasteiger partial charge in [-0.2, -0.15) is 8.78 Å². The first-order valence-electron chi connectivity index (χ1n) is 9.30. The van der Waals surface area contributed by atoms with E-state index >= 15 is 0 Å². The first-order chi connectivity index (χ1) is 14.0. The third-order valence-corrected chi connectivity index (χ3v) is 5.32. The van der Waals surface area contributed by atoms with Crippen molar-refractivity contribution in [2.45, 2.75) is 45.3 Å². The maximum atomic E-state index is 12.9. The quantitative estimate of drug-likeness (QED) is 0.695. The number of carbonyl (C=O) groups is 3. The predicted molar refractivity (Wildman–Crippen MR) is 110 cm³/mol. The summed E-state index contributed by atoms with van der Waals surface area (Å²) in [5.74, 6) is -0.937. The summed E-state index contributed by atoms with van der Waals surface area (Å²) in [6.45, 7) is 5.04. The van der Waals surface area contributed by atoms with Gasteiger partial charge in [0.1, 0.15) is 11.6 Å². The van der Waals surface area contributed by atoms with E-state index in [1.165, 1.54) is 22.3 Å². The summed E-state index contributed by atoms with van der Waals surface area (Å²) >= 11 is 7.02. The number of ether oxygens (including phenoxy) is 1. The zero-order valence-electron chi connectivity index (χ0n) is 16.9. The number of hydrogen-bond acceptors (Lipinski definition) is 5. The van der Waals surface area contributed by atoms with Crippen molar-refractivity contribution in [2.24, 2.45) is 0 Å². The average molecular weight is 464 g/mol. The molecule has 11 heteroatoms. The van der Waals surface area contributed by atoms with Gasteiger partial charge in [0.2, 0.25) is 5.91 Å². The van der Waals surface area contributed by atoms with Crippen LogP contribution in [0, 0.1) is 0 Å². The number of piperidine rings is 1. The molecule has 1 saturated heterocycles. The Hall–Kier alpha value is -2.20. The number of carbonyl (C=O) groups excluding carboxylic acids is 3. The van der Waals surface area contributed by atoms with Crippen LogP contribution in [-0.2, 0) is 9.53 Å². The van der Waals surface area contributed by atoms with Crippen LogP contribution in [0.15, 0.2) is 23.1 Å². The topological polar surface area (TPSA) is 87.7 Å². The Kier molecular flexibility index (Phi) is 8.19. The van der Waals surface area contributed by atoms with Gasteiger partial charge in [0.15, 0.2) is 0 Å². The molecule has 0 spiro atoms. The van der Waals surface area contributed by atoms with Crippen LogP contribution >= 0.6 is 22.9 Å². The van der Waals surface area contributed by atoms with Gasteiger partial charge in [-0.05, 0) is 45.3 Å². The maximum Gasteiger partial charge on any atom is 0.408 e. The number of rotatable bonds is 5. The van der Waals surface area contributed by atoms with Crippen LogP contribution in [0.5, 0.6) is 0 Å². The van der Waals surface area contributed by atoms with Gasteiger partial charge in [-0.1, -0.05) is 11.6 Å². The first kappa shape index (κ1) is 24.1. The number of thiophene rings is 1. The lowest BCUT2D eigenvalue weighted by atomic mass is 10.0. The molecule has 0 saturated carbocycles. The van der Waals surface area contributed by atoms with Gasteiger partial charge in [0, 0.05) is 25.0 Å². The second kappa shape index (κ2) is 10.2. The van der Waals surface area contributed by atoms with Crippen molar-refractivity contribution in [3.8, 4) is 0 Å². The second-order valence-corrected chi connectivity index (χ2v) is 9.28. The van der Waals surface area contributed by atoms with Crippen molar-refractivity contribution >= 4 is 40.8 Å². The molecular formula is C19H24ClF2N3O4S. The molecule has 2 N–H and O–H groups in total. The lowest BCUT2D eigenvalue weighted by molar-refractivity contribution is -0.133. The molecule has 2 heterocycles. The number of nitrogens with zero attached hydrogens (tertiary/aromatic N) is 1. The molecule has 0 unspecified atom stereocenters. The van der Waals surface area contributed by atoms with E-state index < -0.39 is 35.6 Å². The third kappa shape index (κ3) is 7.24. The summed E-state index contributed by atoms with van der Waals surface area (Å²) in [7, 11) is 0. The smallest absolute Gasteiger partial charge is 0.408 e. The van der Waals surface area contributed by atoms with E-state index in [2.05, 4.69) is 10.6 Å². The van der Waals surface area contributed by atoms with Crippen LogP contribution in [0.2, 0.25) is 4.34 Å². The van der Waals surface area contributed by atoms with Gasteiger partial charge in [-0.15, -0.1) is 11.3 Å². The molecule has 0 aromatic carbocycles. The van der Waals surface area contributed by atoms with Gasteiger partial charge in [-0.25, -0.2) is 4.79 Å². The van der Waals surface area contributed by atoms with E-state index in [1.54, 1.807) is 26.2 Å². The highest BCUT2D eigenvalue weighted by Crippen LogP contribution is 2.22. The zero-order valence-corrected chi connectivity index (χ0v) is 18.5. The van der Waals surface area contributed by atoms with Crippen molar-refractivity contribution in [2.75, 3.05) is 19.6 Å². The van der Waals surface area contributed by atoms with Crippen LogP contribution in [0.4, 0.5) is 13.6 Å². The Labute approximate surface area is 182 Å². The summed E-state index contributed by atoms with van der Waals surface area (Å²) in [6, 6.07) is 0.377. The minimum absolute atomic E-state index is 0.0262. The van der Waals surface area contributed by atoms with E-state index in [1.807, 2.05) is 0 Å². The monoisotopic (exact) mass is 463 g/mol. The zero-order chi connectivity index (χ0) is 22.5. The van der Waals surface area contributed by atoms with Crippen LogP contribution in [0.3, 0.4) is 0 Å². The SMILES string of the molecule is CC(C)(C)OC(=O)N[C@@H](CNC(=O)c1csc(Cl)c1)C(=O)N1CCC(=C(F)F)CC1. The number of alkyl carbamates (subject to hydrolysis) is 1. The fourth-order valence-corrected chi connectivity index (χ4v) is 3.64. The van der Waals surface area contributed by atoms with E-state index in [9.17, 15) is 23.2 Å². The Bertz CT molecular complexity index is 824. The standard InChI is InChI=1S/C19H24ClF2N3O4S/c1-19(2,3)29-18(28)24-13(9-23-16(26)12-8-14(20)30-10-12)17(27)25-6-4-11(5-7-25)15(21)22/h8,10,13H,4-7,9H2,1-3H3,(H,23,26)(H,24,28)/t13-/m0/s1. The normalized spacial score (nSPS) is 15.4. The van der Waals surface area contributed by atoms with Crippen molar-refractivity contribution in [3.63, 3.8) is 0 Å². The minimum atomic E-state index is -1.72. The van der Waals surface area contributed by atoms with Gasteiger partial charge in [0.05, 0.1) is 9.90 Å². The number of hydrogen-bond donors (Lipinski definition) is 2. The molecule has 0 radical (unpaired) electrons. The van der Waals surface area contributed by atoms with E-state index in [4.69, 9.17) is 16.3 Å². The van der Waals surface area contributed by atoms with Crippen LogP contribution in [0.25, 0.3) is 0 Å². The Morgan fingerprint density at radius 1 is 1.27 bits per heavy atom. The Morgan fingerprint density at radius 3 is 2.40 bits per heavy atom. The Balaban J connectivity index is 2.06. The molecule has 1 aromatic heterocycles. The van der Waals surface area contributed by atoms with Crippen LogP contribution in [0.1, 0.15) is 44.0 Å². The van der Waals surface area contributed by atoms with Gasteiger partial charge in [0.25, 0.3) is 12.0 Å². The van der Waals surface area contributed by atoms with Crippen LogP contribution < -0.4 is 10.6 Å². The van der Waals surface area contributed by atoms with Crippen molar-refractivity contribution < 1.29 is 27.9 Å². The number of nitrogens with one attached hydrogen (secondary N) is 2. The highest BCUT2D eigenvalue weighted by Gasteiger charge is 2.30. The molecular weight excluding hydrogens is 440 g/mol. The highest BCUT2D eigenvalue weighted by molar-refractivity contribution is 7.14. The predicted octanol–water partition coefficient (Wildman–Crippen LogP) is 3.80. The van der Waals surface area contributed by atoms with E-state index in [0.717, 1.165) is 0 Å². The maximum absolute atomic E-state index is 12.9. The third-order valence-electron chi connectivity index (χ3n) is 4.23. The summed E-state index contributed by atoms with van der Waals surface area (Å²) < 4.78 is 31.1. The highest BCUT2D eigenvalue weighted by atomic mass is 35.5. The summed E-state index contributed by atoms with van der Waals surface area (Å²) in [5.41, 5.74) is -0.421. The molecule has 1 atom stereocenters. The number of amides is 3. The lowest BCUT2D eigenvalue weighted by Gasteiger charge is -2.32. The molecule has 30 heavy (non-hydrogen) atoms. The van der Waals surface area contributed by atoms with Gasteiger partial charge < -0.3 is 20.3 Å². The summed E-state index contributed by atoms with van der Waals surface area (Å²) in [4.78, 5) is 38.8. The van der Waals surface area contributed by atoms with Gasteiger partial charge in [-0.3, -0.25) is 9.59 Å². The van der Waals surface area contributed by atoms with Crippen LogP contribution in [-0.4, -0.2) is 54.1 Å². The number of halogens is 3. The average Bonchev–Trinajstić information content (AvgIpc) is 3.09. The lowest BCUT2D eigenvalue weighted by Crippen LogP contribution is -2.55. The van der Waals surface area contributed by atoms with E-state index in [-0.39, 0.29) is 38.0 Å². The van der Waals surface area contributed by atoms with Crippen molar-refractivity contribution in [1.82, 2.24) is 15.5 Å². The Morgan fingerprint density at radius 2 is 1.90 bits per heavy atom. The molecule has 0 bridgehead atoms. The largest absolute Gasteiger partial charge is 0.444 e. The molecule has 7 nitrogen and oxygen atoms in total. The minimum Gasteiger partial charge on any atom is -0.444 e. The molecule has 166 valence electrons. The fraction of sp³-hybridized carbons (Fsp3) is 0.526. The number of likely N-dealkylation sites (tertiary alicyclic amines) is 1. The molecule has 0 aliphatic carbocycles. The van der Waals surface area contributed by atoms with Crippen molar-refractivity contribution in [3.05, 3.63) is 33.0 Å². The van der Waals surface area contributed by atoms with E-state index in [0.29, 0.717) is 9.90 Å². The molecule has 2 rings (SSSR count). The molecule has 1 aliphatic rings. The second-order valence-electron chi connectivity index (χ2n) is 7.74. The fourth-order valence-electron chi connectivity index (χ4n) is 2.78. The summed E-state index contributed by atoms with van der Waals surface area (Å²) in [6.07, 6.45) is -2.41. The van der Waals surface area contributed by atoms with Gasteiger partial charge >= 0.3 is 6.09 Å². The molecule has 1 fully saturated rings. The first-order valence-corrected chi connectivity index (χ1v) is 10.6. The summed E-state index contributed by atoms with van der Waals surface area (Å²) in [5, 5.41) is 6.62. The molecule has 1 aromatic rings. The molecule has 3 amide bonds.